The molecule has 1 aliphatic heterocycles. The first-order valence-electron chi connectivity index (χ1n) is 6.31. The molecule has 7 nitrogen and oxygen atoms in total. The third-order valence-electron chi connectivity index (χ3n) is 2.76. The van der Waals surface area contributed by atoms with Crippen LogP contribution in [-0.2, 0) is 14.4 Å². The standard InChI is InChI=1S/C13H15N3O4/c17-11(15-10-7-12(18)16-13(10)19)4-2-6-20-9-3-1-5-14-8-9/h1,3,5,8,10H,2,4,6-7H2,(H,15,17)(H,16,18,19). The molecule has 0 saturated carbocycles. The van der Waals surface area contributed by atoms with E-state index in [-0.39, 0.29) is 24.7 Å². The fraction of sp³-hybridized carbons (Fsp3) is 0.385. The molecule has 1 aliphatic rings. The minimum Gasteiger partial charge on any atom is -0.492 e. The molecule has 2 rings (SSSR count). The lowest BCUT2D eigenvalue weighted by Gasteiger charge is -2.09. The normalized spacial score (nSPS) is 17.7. The molecule has 2 heterocycles. The summed E-state index contributed by atoms with van der Waals surface area (Å²) < 4.78 is 5.39. The predicted molar refractivity (Wildman–Crippen MR) is 68.7 cm³/mol. The van der Waals surface area contributed by atoms with Crippen LogP contribution in [0.4, 0.5) is 0 Å². The minimum absolute atomic E-state index is 0.0107. The van der Waals surface area contributed by atoms with Crippen LogP contribution in [0.3, 0.4) is 0 Å². The molecule has 1 fully saturated rings. The van der Waals surface area contributed by atoms with Crippen LogP contribution in [0.1, 0.15) is 19.3 Å². The molecule has 0 spiro atoms. The van der Waals surface area contributed by atoms with Crippen LogP contribution in [0.25, 0.3) is 0 Å². The van der Waals surface area contributed by atoms with Crippen LogP contribution in [0.5, 0.6) is 5.75 Å². The first-order chi connectivity index (χ1) is 9.65. The molecule has 1 unspecified atom stereocenters. The Morgan fingerprint density at radius 1 is 1.50 bits per heavy atom. The Kier molecular flexibility index (Phi) is 4.65. The van der Waals surface area contributed by atoms with Crippen molar-refractivity contribution in [2.45, 2.75) is 25.3 Å². The Balaban J connectivity index is 1.63. The Bertz CT molecular complexity index is 504. The van der Waals surface area contributed by atoms with E-state index in [2.05, 4.69) is 15.6 Å². The predicted octanol–water partition coefficient (Wildman–Crippen LogP) is -0.228. The molecule has 3 amide bonds. The van der Waals surface area contributed by atoms with E-state index in [9.17, 15) is 14.4 Å². The lowest BCUT2D eigenvalue weighted by Crippen LogP contribution is -2.40. The Morgan fingerprint density at radius 2 is 2.35 bits per heavy atom. The number of imide groups is 1. The SMILES string of the molecule is O=C1CC(NC(=O)CCCOc2cccnc2)C(=O)N1. The Morgan fingerprint density at radius 3 is 3.00 bits per heavy atom. The number of hydrogen-bond acceptors (Lipinski definition) is 5. The molecular weight excluding hydrogens is 262 g/mol. The van der Waals surface area contributed by atoms with Crippen LogP contribution >= 0.6 is 0 Å². The molecule has 7 heteroatoms. The van der Waals surface area contributed by atoms with Gasteiger partial charge in [0.2, 0.25) is 17.7 Å². The summed E-state index contributed by atoms with van der Waals surface area (Å²) in [6.45, 7) is 0.384. The van der Waals surface area contributed by atoms with Gasteiger partial charge in [-0.05, 0) is 18.6 Å². The summed E-state index contributed by atoms with van der Waals surface area (Å²) in [5, 5.41) is 4.65. The molecule has 1 atom stereocenters. The molecule has 0 bridgehead atoms. The van der Waals surface area contributed by atoms with Crippen molar-refractivity contribution < 1.29 is 19.1 Å². The van der Waals surface area contributed by atoms with Crippen LogP contribution in [-0.4, -0.2) is 35.4 Å². The van der Waals surface area contributed by atoms with E-state index < -0.39 is 11.9 Å². The minimum atomic E-state index is -0.741. The van der Waals surface area contributed by atoms with E-state index in [1.54, 1.807) is 24.5 Å². The zero-order chi connectivity index (χ0) is 14.4. The average Bonchev–Trinajstić information content (AvgIpc) is 2.74. The summed E-state index contributed by atoms with van der Waals surface area (Å²) >= 11 is 0. The molecule has 20 heavy (non-hydrogen) atoms. The third kappa shape index (κ3) is 4.04. The second kappa shape index (κ2) is 6.65. The number of carbonyl (C=O) groups excluding carboxylic acids is 3. The monoisotopic (exact) mass is 277 g/mol. The zero-order valence-electron chi connectivity index (χ0n) is 10.8. The Labute approximate surface area is 115 Å². The quantitative estimate of drug-likeness (QED) is 0.553. The highest BCUT2D eigenvalue weighted by atomic mass is 16.5. The van der Waals surface area contributed by atoms with E-state index in [1.807, 2.05) is 0 Å². The number of nitrogens with one attached hydrogen (secondary N) is 2. The number of pyridine rings is 1. The maximum absolute atomic E-state index is 11.6. The van der Waals surface area contributed by atoms with Crippen molar-refractivity contribution in [2.75, 3.05) is 6.61 Å². The number of aromatic nitrogens is 1. The van der Waals surface area contributed by atoms with Gasteiger partial charge in [0.25, 0.3) is 0 Å². The van der Waals surface area contributed by atoms with Gasteiger partial charge in [-0.3, -0.25) is 24.7 Å². The molecule has 1 aromatic heterocycles. The fourth-order valence-corrected chi connectivity index (χ4v) is 1.79. The second-order valence-corrected chi connectivity index (χ2v) is 4.38. The maximum Gasteiger partial charge on any atom is 0.249 e. The lowest BCUT2D eigenvalue weighted by atomic mass is 10.2. The van der Waals surface area contributed by atoms with Gasteiger partial charge in [0.15, 0.2) is 0 Å². The van der Waals surface area contributed by atoms with Gasteiger partial charge in [0, 0.05) is 12.6 Å². The summed E-state index contributed by atoms with van der Waals surface area (Å²) in [6.07, 6.45) is 4.00. The van der Waals surface area contributed by atoms with Gasteiger partial charge in [0.1, 0.15) is 11.8 Å². The van der Waals surface area contributed by atoms with E-state index >= 15 is 0 Å². The van der Waals surface area contributed by atoms with Crippen LogP contribution in [0.15, 0.2) is 24.5 Å². The van der Waals surface area contributed by atoms with Crippen molar-refractivity contribution in [3.63, 3.8) is 0 Å². The smallest absolute Gasteiger partial charge is 0.249 e. The summed E-state index contributed by atoms with van der Waals surface area (Å²) in [4.78, 5) is 37.7. The molecule has 0 aliphatic carbocycles. The second-order valence-electron chi connectivity index (χ2n) is 4.38. The summed E-state index contributed by atoms with van der Waals surface area (Å²) in [7, 11) is 0. The summed E-state index contributed by atoms with van der Waals surface area (Å²) in [6, 6.07) is 2.80. The maximum atomic E-state index is 11.6. The highest BCUT2D eigenvalue weighted by Gasteiger charge is 2.31. The number of nitrogens with zero attached hydrogens (tertiary/aromatic N) is 1. The number of amides is 3. The zero-order valence-corrected chi connectivity index (χ0v) is 10.8. The third-order valence-corrected chi connectivity index (χ3v) is 2.76. The first kappa shape index (κ1) is 14.0. The van der Waals surface area contributed by atoms with E-state index in [1.165, 1.54) is 0 Å². The topological polar surface area (TPSA) is 97.4 Å². The number of hydrogen-bond donors (Lipinski definition) is 2. The number of rotatable bonds is 6. The highest BCUT2D eigenvalue weighted by Crippen LogP contribution is 2.07. The van der Waals surface area contributed by atoms with Crippen LogP contribution in [0.2, 0.25) is 0 Å². The molecule has 1 saturated heterocycles. The van der Waals surface area contributed by atoms with Crippen molar-refractivity contribution in [3.05, 3.63) is 24.5 Å². The summed E-state index contributed by atoms with van der Waals surface area (Å²) in [5.74, 6) is -0.432. The van der Waals surface area contributed by atoms with E-state index in [4.69, 9.17) is 4.74 Å². The van der Waals surface area contributed by atoms with Crippen molar-refractivity contribution in [3.8, 4) is 5.75 Å². The summed E-state index contributed by atoms with van der Waals surface area (Å²) in [5.41, 5.74) is 0. The van der Waals surface area contributed by atoms with Crippen molar-refractivity contribution in [1.29, 1.82) is 0 Å². The average molecular weight is 277 g/mol. The van der Waals surface area contributed by atoms with Gasteiger partial charge in [-0.2, -0.15) is 0 Å². The van der Waals surface area contributed by atoms with Gasteiger partial charge in [-0.1, -0.05) is 0 Å². The molecule has 2 N–H and O–H groups in total. The molecular formula is C13H15N3O4. The van der Waals surface area contributed by atoms with E-state index in [0.29, 0.717) is 18.8 Å². The van der Waals surface area contributed by atoms with Gasteiger partial charge < -0.3 is 10.1 Å². The fourth-order valence-electron chi connectivity index (χ4n) is 1.79. The van der Waals surface area contributed by atoms with Crippen molar-refractivity contribution in [1.82, 2.24) is 15.6 Å². The number of carbonyl (C=O) groups is 3. The van der Waals surface area contributed by atoms with Crippen LogP contribution in [0, 0.1) is 0 Å². The van der Waals surface area contributed by atoms with Crippen molar-refractivity contribution >= 4 is 17.7 Å². The van der Waals surface area contributed by atoms with Gasteiger partial charge >= 0.3 is 0 Å². The lowest BCUT2D eigenvalue weighted by molar-refractivity contribution is -0.128. The van der Waals surface area contributed by atoms with Gasteiger partial charge in [-0.15, -0.1) is 0 Å². The van der Waals surface area contributed by atoms with E-state index in [0.717, 1.165) is 0 Å². The number of ether oxygens (including phenoxy) is 1. The Hall–Kier alpha value is -2.44. The van der Waals surface area contributed by atoms with Crippen LogP contribution < -0.4 is 15.4 Å². The highest BCUT2D eigenvalue weighted by molar-refractivity contribution is 6.06. The molecule has 0 radical (unpaired) electrons. The first-order valence-corrected chi connectivity index (χ1v) is 6.31. The largest absolute Gasteiger partial charge is 0.492 e. The molecule has 106 valence electrons. The molecule has 0 aromatic carbocycles. The van der Waals surface area contributed by atoms with Crippen molar-refractivity contribution in [2.24, 2.45) is 0 Å². The van der Waals surface area contributed by atoms with Gasteiger partial charge in [-0.25, -0.2) is 0 Å². The van der Waals surface area contributed by atoms with Gasteiger partial charge in [0.05, 0.1) is 19.2 Å². The molecule has 1 aromatic rings.